The Labute approximate surface area is 108 Å². The van der Waals surface area contributed by atoms with Crippen molar-refractivity contribution in [2.24, 2.45) is 0 Å². The average molecular weight is 244 g/mol. The van der Waals surface area contributed by atoms with Crippen molar-refractivity contribution in [3.63, 3.8) is 0 Å². The third-order valence-corrected chi connectivity index (χ3v) is 1.23. The first-order chi connectivity index (χ1) is 8.33. The van der Waals surface area contributed by atoms with Gasteiger partial charge in [-0.3, -0.25) is 0 Å². The molecule has 1 fully saturated rings. The van der Waals surface area contributed by atoms with Crippen LogP contribution in [0.4, 0.5) is 0 Å². The predicted molar refractivity (Wildman–Crippen MR) is 76.3 cm³/mol. The number of hydrogen-bond acceptors (Lipinski definition) is 3. The summed E-state index contributed by atoms with van der Waals surface area (Å²) >= 11 is 0. The molecule has 1 aromatic rings. The topological polar surface area (TPSA) is 38.9 Å². The van der Waals surface area contributed by atoms with Gasteiger partial charge in [-0.15, -0.1) is 0 Å². The zero-order valence-corrected chi connectivity index (χ0v) is 13.1. The molecule has 0 saturated heterocycles. The van der Waals surface area contributed by atoms with Gasteiger partial charge in [-0.1, -0.05) is 72.9 Å². The van der Waals surface area contributed by atoms with E-state index in [9.17, 15) is 0 Å². The summed E-state index contributed by atoms with van der Waals surface area (Å²) in [5, 5.41) is 3.60. The second-order valence-electron chi connectivity index (χ2n) is 2.65. The van der Waals surface area contributed by atoms with Gasteiger partial charge in [0, 0.05) is 6.42 Å². The van der Waals surface area contributed by atoms with Gasteiger partial charge < -0.3 is 4.52 Å². The summed E-state index contributed by atoms with van der Waals surface area (Å²) in [7, 11) is 0. The van der Waals surface area contributed by atoms with Crippen molar-refractivity contribution < 1.29 is 4.52 Å². The SMILES string of the molecule is C1CC1.CC.CC.CC.CCc1nc(C)no1. The lowest BCUT2D eigenvalue weighted by Gasteiger charge is -1.75. The molecule has 0 aromatic carbocycles. The molecular formula is C14H32N2O. The summed E-state index contributed by atoms with van der Waals surface area (Å²) in [6, 6.07) is 0. The normalized spacial score (nSPS) is 9.88. The standard InChI is InChI=1S/C5H8N2O.C3H6.3C2H6/c1-3-5-6-4(2)7-8-5;1-2-3-1;3*1-2/h3H2,1-2H3;1-3H2;3*1-2H3. The Bertz CT molecular complexity index is 205. The second kappa shape index (κ2) is 20.5. The molecule has 0 N–H and O–H groups in total. The minimum atomic E-state index is 0.710. The van der Waals surface area contributed by atoms with Crippen molar-refractivity contribution in [3.8, 4) is 0 Å². The molecule has 0 atom stereocenters. The first-order valence-electron chi connectivity index (χ1n) is 7.12. The maximum atomic E-state index is 4.75. The summed E-state index contributed by atoms with van der Waals surface area (Å²) in [6.07, 6.45) is 5.32. The highest BCUT2D eigenvalue weighted by atomic mass is 16.5. The Morgan fingerprint density at radius 2 is 1.35 bits per heavy atom. The van der Waals surface area contributed by atoms with E-state index in [4.69, 9.17) is 4.52 Å². The van der Waals surface area contributed by atoms with Gasteiger partial charge in [0.1, 0.15) is 0 Å². The average Bonchev–Trinajstić information content (AvgIpc) is 3.26. The van der Waals surface area contributed by atoms with E-state index in [-0.39, 0.29) is 0 Å². The van der Waals surface area contributed by atoms with Crippen LogP contribution in [0, 0.1) is 6.92 Å². The minimum Gasteiger partial charge on any atom is -0.339 e. The fourth-order valence-corrected chi connectivity index (χ4v) is 0.484. The van der Waals surface area contributed by atoms with Crippen LogP contribution in [0.15, 0.2) is 4.52 Å². The van der Waals surface area contributed by atoms with Crippen molar-refractivity contribution in [1.29, 1.82) is 0 Å². The summed E-state index contributed by atoms with van der Waals surface area (Å²) in [4.78, 5) is 3.95. The van der Waals surface area contributed by atoms with Crippen molar-refractivity contribution in [2.75, 3.05) is 0 Å². The Morgan fingerprint density at radius 1 is 0.941 bits per heavy atom. The molecule has 1 aromatic heterocycles. The molecule has 3 nitrogen and oxygen atoms in total. The van der Waals surface area contributed by atoms with Gasteiger partial charge >= 0.3 is 0 Å². The maximum absolute atomic E-state index is 4.75. The van der Waals surface area contributed by atoms with Crippen LogP contribution in [0.3, 0.4) is 0 Å². The van der Waals surface area contributed by atoms with E-state index in [1.807, 2.05) is 55.4 Å². The van der Waals surface area contributed by atoms with Crippen LogP contribution >= 0.6 is 0 Å². The highest BCUT2D eigenvalue weighted by Crippen LogP contribution is 2.14. The van der Waals surface area contributed by atoms with Gasteiger partial charge in [-0.05, 0) is 6.92 Å². The molecule has 1 heterocycles. The van der Waals surface area contributed by atoms with Gasteiger partial charge in [0.05, 0.1) is 0 Å². The Hall–Kier alpha value is -0.860. The van der Waals surface area contributed by atoms with E-state index in [0.29, 0.717) is 11.7 Å². The third-order valence-electron chi connectivity index (χ3n) is 1.23. The lowest BCUT2D eigenvalue weighted by Crippen LogP contribution is -1.76. The first kappa shape index (κ1) is 21.4. The molecule has 0 unspecified atom stereocenters. The fourth-order valence-electron chi connectivity index (χ4n) is 0.484. The summed E-state index contributed by atoms with van der Waals surface area (Å²) in [5.41, 5.74) is 0. The molecule has 3 heteroatoms. The molecule has 1 aliphatic rings. The zero-order valence-electron chi connectivity index (χ0n) is 13.1. The molecule has 0 bridgehead atoms. The van der Waals surface area contributed by atoms with Crippen LogP contribution in [0.5, 0.6) is 0 Å². The molecule has 104 valence electrons. The van der Waals surface area contributed by atoms with E-state index >= 15 is 0 Å². The molecule has 17 heavy (non-hydrogen) atoms. The first-order valence-corrected chi connectivity index (χ1v) is 7.12. The van der Waals surface area contributed by atoms with E-state index in [0.717, 1.165) is 6.42 Å². The van der Waals surface area contributed by atoms with Crippen molar-refractivity contribution >= 4 is 0 Å². The van der Waals surface area contributed by atoms with Crippen LogP contribution in [-0.4, -0.2) is 10.1 Å². The maximum Gasteiger partial charge on any atom is 0.226 e. The van der Waals surface area contributed by atoms with Crippen LogP contribution in [0.2, 0.25) is 0 Å². The molecule has 0 amide bonds. The van der Waals surface area contributed by atoms with Crippen LogP contribution in [-0.2, 0) is 6.42 Å². The smallest absolute Gasteiger partial charge is 0.226 e. The monoisotopic (exact) mass is 244 g/mol. The van der Waals surface area contributed by atoms with Crippen LogP contribution in [0.1, 0.15) is 79.4 Å². The Balaban J connectivity index is -0.000000182. The van der Waals surface area contributed by atoms with E-state index < -0.39 is 0 Å². The lowest BCUT2D eigenvalue weighted by atomic mass is 10.5. The molecule has 2 rings (SSSR count). The number of hydrogen-bond donors (Lipinski definition) is 0. The highest BCUT2D eigenvalue weighted by Gasteiger charge is 1.95. The van der Waals surface area contributed by atoms with Gasteiger partial charge in [-0.2, -0.15) is 4.98 Å². The lowest BCUT2D eigenvalue weighted by molar-refractivity contribution is 0.378. The van der Waals surface area contributed by atoms with Gasteiger partial charge in [0.15, 0.2) is 5.82 Å². The number of aryl methyl sites for hydroxylation is 2. The van der Waals surface area contributed by atoms with Crippen molar-refractivity contribution in [1.82, 2.24) is 10.1 Å². The second-order valence-corrected chi connectivity index (χ2v) is 2.65. The minimum absolute atomic E-state index is 0.710. The zero-order chi connectivity index (χ0) is 14.1. The third kappa shape index (κ3) is 21.1. The molecule has 0 radical (unpaired) electrons. The molecular weight excluding hydrogens is 212 g/mol. The largest absolute Gasteiger partial charge is 0.339 e. The van der Waals surface area contributed by atoms with Crippen molar-refractivity contribution in [3.05, 3.63) is 11.7 Å². The van der Waals surface area contributed by atoms with Crippen molar-refractivity contribution in [2.45, 2.75) is 81.1 Å². The number of rotatable bonds is 1. The summed E-state index contributed by atoms with van der Waals surface area (Å²) in [5.74, 6) is 1.42. The number of nitrogens with zero attached hydrogens (tertiary/aromatic N) is 2. The highest BCUT2D eigenvalue weighted by molar-refractivity contribution is 4.80. The van der Waals surface area contributed by atoms with Gasteiger partial charge in [0.2, 0.25) is 5.89 Å². The summed E-state index contributed by atoms with van der Waals surface area (Å²) < 4.78 is 4.75. The molecule has 0 spiro atoms. The Morgan fingerprint density at radius 3 is 1.47 bits per heavy atom. The molecule has 1 aliphatic carbocycles. The van der Waals surface area contributed by atoms with Crippen LogP contribution in [0.25, 0.3) is 0 Å². The van der Waals surface area contributed by atoms with E-state index in [2.05, 4.69) is 10.1 Å². The number of aromatic nitrogens is 2. The molecule has 0 aliphatic heterocycles. The fraction of sp³-hybridized carbons (Fsp3) is 0.857. The van der Waals surface area contributed by atoms with Gasteiger partial charge in [-0.25, -0.2) is 0 Å². The Kier molecular flexibility index (Phi) is 25.9. The van der Waals surface area contributed by atoms with E-state index in [1.165, 1.54) is 19.3 Å². The molecule has 1 saturated carbocycles. The van der Waals surface area contributed by atoms with E-state index in [1.54, 1.807) is 0 Å². The predicted octanol–water partition coefficient (Wildman–Crippen LogP) is 5.19. The quantitative estimate of drug-likeness (QED) is 0.682. The van der Waals surface area contributed by atoms with Gasteiger partial charge in [0.25, 0.3) is 0 Å². The van der Waals surface area contributed by atoms with Crippen LogP contribution < -0.4 is 0 Å². The summed E-state index contributed by atoms with van der Waals surface area (Å²) in [6.45, 7) is 15.8.